The van der Waals surface area contributed by atoms with E-state index in [9.17, 15) is 8.42 Å². The van der Waals surface area contributed by atoms with Crippen molar-refractivity contribution in [1.29, 1.82) is 0 Å². The first-order valence-electron chi connectivity index (χ1n) is 5.36. The fourth-order valence-electron chi connectivity index (χ4n) is 1.58. The number of sulfonamides is 1. The summed E-state index contributed by atoms with van der Waals surface area (Å²) in [6.45, 7) is 6.47. The lowest BCUT2D eigenvalue weighted by Gasteiger charge is -2.25. The summed E-state index contributed by atoms with van der Waals surface area (Å²) in [7, 11) is -1.83. The van der Waals surface area contributed by atoms with Crippen molar-refractivity contribution in [3.05, 3.63) is 18.0 Å². The molecule has 0 aromatic carbocycles. The number of H-pyrrole nitrogens is 1. The van der Waals surface area contributed by atoms with Gasteiger partial charge in [-0.05, 0) is 11.5 Å². The minimum Gasteiger partial charge on any atom is -0.363 e. The van der Waals surface area contributed by atoms with E-state index >= 15 is 0 Å². The zero-order chi connectivity index (χ0) is 13.3. The molecule has 1 heterocycles. The monoisotopic (exact) mass is 278 g/mol. The third-order valence-corrected chi connectivity index (χ3v) is 4.33. The number of nitrogens with one attached hydrogen (secondary N) is 1. The Morgan fingerprint density at radius 3 is 2.41 bits per heavy atom. The average Bonchev–Trinajstić information content (AvgIpc) is 2.63. The quantitative estimate of drug-likeness (QED) is 0.860. The molecule has 0 saturated heterocycles. The Kier molecular flexibility index (Phi) is 4.28. The van der Waals surface area contributed by atoms with Crippen LogP contribution in [0.5, 0.6) is 0 Å². The van der Waals surface area contributed by atoms with Crippen LogP contribution in [0, 0.1) is 5.41 Å². The van der Waals surface area contributed by atoms with Crippen molar-refractivity contribution in [3.8, 4) is 0 Å². The van der Waals surface area contributed by atoms with Crippen LogP contribution in [0.2, 0.25) is 0 Å². The Hall–Kier alpha value is -0.520. The summed E-state index contributed by atoms with van der Waals surface area (Å²) in [5.74, 6) is 0.276. The topological polar surface area (TPSA) is 53.2 Å². The van der Waals surface area contributed by atoms with Crippen LogP contribution in [0.3, 0.4) is 0 Å². The van der Waals surface area contributed by atoms with E-state index in [2.05, 4.69) is 4.98 Å². The number of halogens is 1. The molecule has 0 bridgehead atoms. The average molecular weight is 279 g/mol. The van der Waals surface area contributed by atoms with Gasteiger partial charge in [0.2, 0.25) is 10.0 Å². The van der Waals surface area contributed by atoms with Gasteiger partial charge in [0.15, 0.2) is 0 Å². The SMILES string of the molecule is CN(CC(C)(C)C)S(=O)(=O)c1c[nH]c(CCl)c1. The predicted octanol–water partition coefficient (Wildman–Crippen LogP) is 2.42. The molecule has 1 rings (SSSR count). The predicted molar refractivity (Wildman–Crippen MR) is 69.6 cm³/mol. The highest BCUT2D eigenvalue weighted by Gasteiger charge is 2.25. The van der Waals surface area contributed by atoms with Crippen molar-refractivity contribution in [3.63, 3.8) is 0 Å². The van der Waals surface area contributed by atoms with Crippen LogP contribution < -0.4 is 0 Å². The highest BCUT2D eigenvalue weighted by atomic mass is 35.5. The molecule has 0 saturated carbocycles. The van der Waals surface area contributed by atoms with Crippen molar-refractivity contribution >= 4 is 21.6 Å². The van der Waals surface area contributed by atoms with Gasteiger partial charge in [-0.2, -0.15) is 0 Å². The smallest absolute Gasteiger partial charge is 0.244 e. The first-order chi connectivity index (χ1) is 7.66. The van der Waals surface area contributed by atoms with Gasteiger partial charge in [-0.1, -0.05) is 20.8 Å². The largest absolute Gasteiger partial charge is 0.363 e. The van der Waals surface area contributed by atoms with Gasteiger partial charge < -0.3 is 4.98 Å². The van der Waals surface area contributed by atoms with Crippen molar-refractivity contribution < 1.29 is 8.42 Å². The van der Waals surface area contributed by atoms with E-state index < -0.39 is 10.0 Å². The Bertz CT molecular complexity index is 474. The van der Waals surface area contributed by atoms with Crippen LogP contribution in [-0.2, 0) is 15.9 Å². The first-order valence-corrected chi connectivity index (χ1v) is 7.34. The van der Waals surface area contributed by atoms with E-state index in [1.807, 2.05) is 20.8 Å². The summed E-state index contributed by atoms with van der Waals surface area (Å²) < 4.78 is 25.8. The van der Waals surface area contributed by atoms with Crippen molar-refractivity contribution in [1.82, 2.24) is 9.29 Å². The molecule has 0 radical (unpaired) electrons. The van der Waals surface area contributed by atoms with Gasteiger partial charge in [0.1, 0.15) is 0 Å². The Labute approximate surface area is 108 Å². The molecule has 4 nitrogen and oxygen atoms in total. The van der Waals surface area contributed by atoms with E-state index in [-0.39, 0.29) is 16.2 Å². The molecular weight excluding hydrogens is 260 g/mol. The molecule has 0 aliphatic carbocycles. The molecule has 0 amide bonds. The number of aromatic amines is 1. The summed E-state index contributed by atoms with van der Waals surface area (Å²) in [4.78, 5) is 3.11. The number of alkyl halides is 1. The molecule has 0 spiro atoms. The second-order valence-corrected chi connectivity index (χ2v) is 7.63. The van der Waals surface area contributed by atoms with E-state index in [0.29, 0.717) is 12.2 Å². The maximum absolute atomic E-state index is 12.2. The van der Waals surface area contributed by atoms with Gasteiger partial charge in [-0.15, -0.1) is 11.6 Å². The summed E-state index contributed by atoms with van der Waals surface area (Å²) in [6.07, 6.45) is 1.48. The summed E-state index contributed by atoms with van der Waals surface area (Å²) in [6, 6.07) is 1.57. The summed E-state index contributed by atoms with van der Waals surface area (Å²) in [5, 5.41) is 0. The molecular formula is C11H19ClN2O2S. The number of aromatic nitrogens is 1. The second-order valence-electron chi connectivity index (χ2n) is 5.32. The standard InChI is InChI=1S/C11H19ClN2O2S/c1-11(2,3)8-14(4)17(15,16)10-5-9(6-12)13-7-10/h5,7,13H,6,8H2,1-4H3. The molecule has 6 heteroatoms. The minimum absolute atomic E-state index is 0.0760. The third-order valence-electron chi connectivity index (χ3n) is 2.27. The van der Waals surface area contributed by atoms with Crippen molar-refractivity contribution in [2.45, 2.75) is 31.5 Å². The van der Waals surface area contributed by atoms with Gasteiger partial charge in [0.25, 0.3) is 0 Å². The molecule has 1 N–H and O–H groups in total. The minimum atomic E-state index is -3.42. The number of rotatable bonds is 4. The van der Waals surface area contributed by atoms with Crippen LogP contribution in [0.4, 0.5) is 0 Å². The molecule has 0 unspecified atom stereocenters. The molecule has 17 heavy (non-hydrogen) atoms. The highest BCUT2D eigenvalue weighted by molar-refractivity contribution is 7.89. The van der Waals surface area contributed by atoms with Gasteiger partial charge >= 0.3 is 0 Å². The van der Waals surface area contributed by atoms with E-state index in [0.717, 1.165) is 0 Å². The van der Waals surface area contributed by atoms with Gasteiger partial charge in [0, 0.05) is 25.5 Å². The number of nitrogens with zero attached hydrogens (tertiary/aromatic N) is 1. The second kappa shape index (κ2) is 5.00. The van der Waals surface area contributed by atoms with Crippen LogP contribution >= 0.6 is 11.6 Å². The Balaban J connectivity index is 2.95. The molecule has 0 aliphatic heterocycles. The van der Waals surface area contributed by atoms with Gasteiger partial charge in [0.05, 0.1) is 10.8 Å². The van der Waals surface area contributed by atoms with Crippen molar-refractivity contribution in [2.24, 2.45) is 5.41 Å². The van der Waals surface area contributed by atoms with E-state index in [1.54, 1.807) is 13.1 Å². The molecule has 98 valence electrons. The zero-order valence-corrected chi connectivity index (χ0v) is 12.2. The number of hydrogen-bond acceptors (Lipinski definition) is 2. The molecule has 1 aromatic rings. The maximum atomic E-state index is 12.2. The van der Waals surface area contributed by atoms with Crippen LogP contribution in [-0.4, -0.2) is 31.3 Å². The van der Waals surface area contributed by atoms with Crippen LogP contribution in [0.15, 0.2) is 17.2 Å². The number of hydrogen-bond donors (Lipinski definition) is 1. The molecule has 0 atom stereocenters. The van der Waals surface area contributed by atoms with E-state index in [1.165, 1.54) is 10.5 Å². The highest BCUT2D eigenvalue weighted by Crippen LogP contribution is 2.21. The first kappa shape index (κ1) is 14.5. The van der Waals surface area contributed by atoms with Crippen LogP contribution in [0.25, 0.3) is 0 Å². The summed E-state index contributed by atoms with van der Waals surface area (Å²) in [5.41, 5.74) is 0.627. The Morgan fingerprint density at radius 2 is 2.00 bits per heavy atom. The van der Waals surface area contributed by atoms with Gasteiger partial charge in [-0.25, -0.2) is 12.7 Å². The van der Waals surface area contributed by atoms with Gasteiger partial charge in [-0.3, -0.25) is 0 Å². The maximum Gasteiger partial charge on any atom is 0.244 e. The lowest BCUT2D eigenvalue weighted by Crippen LogP contribution is -2.34. The third kappa shape index (κ3) is 3.72. The Morgan fingerprint density at radius 1 is 1.41 bits per heavy atom. The molecule has 0 aliphatic rings. The normalized spacial score (nSPS) is 13.3. The summed E-state index contributed by atoms with van der Waals surface area (Å²) >= 11 is 5.64. The lowest BCUT2D eigenvalue weighted by atomic mass is 9.97. The van der Waals surface area contributed by atoms with Crippen LogP contribution in [0.1, 0.15) is 26.5 Å². The molecule has 0 fully saturated rings. The zero-order valence-electron chi connectivity index (χ0n) is 10.6. The van der Waals surface area contributed by atoms with Crippen molar-refractivity contribution in [2.75, 3.05) is 13.6 Å². The fraction of sp³-hybridized carbons (Fsp3) is 0.636. The molecule has 1 aromatic heterocycles. The fourth-order valence-corrected chi connectivity index (χ4v) is 3.15. The lowest BCUT2D eigenvalue weighted by molar-refractivity contribution is 0.311. The van der Waals surface area contributed by atoms with E-state index in [4.69, 9.17) is 11.6 Å².